The van der Waals surface area contributed by atoms with Crippen molar-refractivity contribution in [1.82, 2.24) is 14.9 Å². The molecule has 1 amide bonds. The van der Waals surface area contributed by atoms with Crippen LogP contribution in [0.15, 0.2) is 12.5 Å². The third-order valence-corrected chi connectivity index (χ3v) is 2.01. The van der Waals surface area contributed by atoms with Gasteiger partial charge in [-0.05, 0) is 6.92 Å². The summed E-state index contributed by atoms with van der Waals surface area (Å²) in [5.41, 5.74) is 6.42. The van der Waals surface area contributed by atoms with E-state index in [1.807, 2.05) is 11.6 Å². The number of rotatable bonds is 4. The zero-order chi connectivity index (χ0) is 11.3. The smallest absolute Gasteiger partial charge is 0.407 e. The zero-order valence-electron chi connectivity index (χ0n) is 8.93. The summed E-state index contributed by atoms with van der Waals surface area (Å²) in [6.07, 6.45) is 2.86. The van der Waals surface area contributed by atoms with E-state index in [4.69, 9.17) is 10.5 Å². The Bertz CT molecular complexity index is 324. The van der Waals surface area contributed by atoms with Gasteiger partial charge in [-0.3, -0.25) is 0 Å². The molecule has 0 spiro atoms. The van der Waals surface area contributed by atoms with Crippen LogP contribution in [0, 0.1) is 0 Å². The second-order valence-electron chi connectivity index (χ2n) is 3.08. The molecule has 0 saturated carbocycles. The summed E-state index contributed by atoms with van der Waals surface area (Å²) < 4.78 is 6.59. The number of nitrogens with zero attached hydrogens (tertiary/aromatic N) is 2. The van der Waals surface area contributed by atoms with Crippen LogP contribution in [0.3, 0.4) is 0 Å². The van der Waals surface area contributed by atoms with Gasteiger partial charge >= 0.3 is 6.09 Å². The predicted octanol–water partition coefficient (Wildman–Crippen LogP) is 0.166. The SMILES string of the molecule is CCOC(=O)NC(CN)c1cncn1C. The number of imidazole rings is 1. The van der Waals surface area contributed by atoms with Crippen LogP contribution in [0.2, 0.25) is 0 Å². The highest BCUT2D eigenvalue weighted by atomic mass is 16.5. The summed E-state index contributed by atoms with van der Waals surface area (Å²) in [6, 6.07) is -0.267. The van der Waals surface area contributed by atoms with Crippen LogP contribution < -0.4 is 11.1 Å². The van der Waals surface area contributed by atoms with Crippen LogP contribution in [-0.2, 0) is 11.8 Å². The Morgan fingerprint density at radius 3 is 3.00 bits per heavy atom. The number of ether oxygens (including phenoxy) is 1. The molecule has 0 radical (unpaired) electrons. The van der Waals surface area contributed by atoms with Crippen molar-refractivity contribution in [3.63, 3.8) is 0 Å². The summed E-state index contributed by atoms with van der Waals surface area (Å²) in [6.45, 7) is 2.40. The predicted molar refractivity (Wildman–Crippen MR) is 55.2 cm³/mol. The third-order valence-electron chi connectivity index (χ3n) is 2.01. The molecule has 0 aromatic carbocycles. The number of amides is 1. The summed E-state index contributed by atoms with van der Waals surface area (Å²) in [5, 5.41) is 2.66. The quantitative estimate of drug-likeness (QED) is 0.745. The maximum absolute atomic E-state index is 11.2. The molecule has 6 heteroatoms. The molecule has 0 aliphatic rings. The summed E-state index contributed by atoms with van der Waals surface area (Å²) in [7, 11) is 1.85. The van der Waals surface area contributed by atoms with Gasteiger partial charge in [-0.15, -0.1) is 0 Å². The number of aryl methyl sites for hydroxylation is 1. The normalized spacial score (nSPS) is 12.2. The number of carbonyl (C=O) groups excluding carboxylic acids is 1. The van der Waals surface area contributed by atoms with Crippen LogP contribution in [0.1, 0.15) is 18.7 Å². The summed E-state index contributed by atoms with van der Waals surface area (Å²) >= 11 is 0. The standard InChI is InChI=1S/C9H16N4O2/c1-3-15-9(14)12-7(4-10)8-5-11-6-13(8)2/h5-7H,3-4,10H2,1-2H3,(H,12,14). The Kier molecular flexibility index (Phi) is 4.11. The van der Waals surface area contributed by atoms with Crippen molar-refractivity contribution in [3.8, 4) is 0 Å². The van der Waals surface area contributed by atoms with Gasteiger partial charge in [0.05, 0.1) is 30.9 Å². The second-order valence-corrected chi connectivity index (χ2v) is 3.08. The van der Waals surface area contributed by atoms with E-state index in [1.165, 1.54) is 0 Å². The Hall–Kier alpha value is -1.56. The average Bonchev–Trinajstić information content (AvgIpc) is 2.61. The maximum Gasteiger partial charge on any atom is 0.407 e. The van der Waals surface area contributed by atoms with E-state index in [9.17, 15) is 4.79 Å². The molecular formula is C9H16N4O2. The fourth-order valence-corrected chi connectivity index (χ4v) is 1.27. The number of hydrogen-bond acceptors (Lipinski definition) is 4. The maximum atomic E-state index is 11.2. The Morgan fingerprint density at radius 2 is 2.53 bits per heavy atom. The second kappa shape index (κ2) is 5.35. The van der Waals surface area contributed by atoms with Gasteiger partial charge in [-0.25, -0.2) is 9.78 Å². The third kappa shape index (κ3) is 2.95. The van der Waals surface area contributed by atoms with Crippen LogP contribution in [-0.4, -0.2) is 28.8 Å². The fraction of sp³-hybridized carbons (Fsp3) is 0.556. The van der Waals surface area contributed by atoms with Gasteiger partial charge in [0.1, 0.15) is 0 Å². The van der Waals surface area contributed by atoms with E-state index in [0.717, 1.165) is 5.69 Å². The lowest BCUT2D eigenvalue weighted by molar-refractivity contribution is 0.148. The molecule has 0 fully saturated rings. The Labute approximate surface area is 88.4 Å². The largest absolute Gasteiger partial charge is 0.450 e. The molecule has 0 aliphatic heterocycles. The fourth-order valence-electron chi connectivity index (χ4n) is 1.27. The van der Waals surface area contributed by atoms with Crippen molar-refractivity contribution < 1.29 is 9.53 Å². The van der Waals surface area contributed by atoms with Crippen molar-refractivity contribution in [1.29, 1.82) is 0 Å². The van der Waals surface area contributed by atoms with Gasteiger partial charge < -0.3 is 20.4 Å². The van der Waals surface area contributed by atoms with Crippen molar-refractivity contribution >= 4 is 6.09 Å². The minimum Gasteiger partial charge on any atom is -0.450 e. The number of aromatic nitrogens is 2. The van der Waals surface area contributed by atoms with Gasteiger partial charge in [-0.2, -0.15) is 0 Å². The summed E-state index contributed by atoms with van der Waals surface area (Å²) in [5.74, 6) is 0. The monoisotopic (exact) mass is 212 g/mol. The van der Waals surface area contributed by atoms with Gasteiger partial charge in [0.2, 0.25) is 0 Å². The molecule has 1 rings (SSSR count). The van der Waals surface area contributed by atoms with Crippen LogP contribution in [0.25, 0.3) is 0 Å². The van der Waals surface area contributed by atoms with E-state index in [0.29, 0.717) is 13.2 Å². The van der Waals surface area contributed by atoms with E-state index in [1.54, 1.807) is 19.4 Å². The first-order chi connectivity index (χ1) is 7.19. The molecule has 1 aromatic heterocycles. The zero-order valence-corrected chi connectivity index (χ0v) is 8.93. The molecule has 6 nitrogen and oxygen atoms in total. The molecule has 0 bridgehead atoms. The van der Waals surface area contributed by atoms with E-state index >= 15 is 0 Å². The number of nitrogens with two attached hydrogens (primary N) is 1. The van der Waals surface area contributed by atoms with E-state index in [-0.39, 0.29) is 6.04 Å². The lowest BCUT2D eigenvalue weighted by atomic mass is 10.2. The van der Waals surface area contributed by atoms with Crippen LogP contribution in [0.4, 0.5) is 4.79 Å². The minimum absolute atomic E-state index is 0.267. The molecule has 1 heterocycles. The lowest BCUT2D eigenvalue weighted by Crippen LogP contribution is -2.34. The first-order valence-electron chi connectivity index (χ1n) is 4.78. The highest BCUT2D eigenvalue weighted by molar-refractivity contribution is 5.67. The molecule has 15 heavy (non-hydrogen) atoms. The molecular weight excluding hydrogens is 196 g/mol. The van der Waals surface area contributed by atoms with Crippen LogP contribution >= 0.6 is 0 Å². The van der Waals surface area contributed by atoms with E-state index < -0.39 is 6.09 Å². The number of alkyl carbamates (subject to hydrolysis) is 1. The van der Waals surface area contributed by atoms with Crippen LogP contribution in [0.5, 0.6) is 0 Å². The van der Waals surface area contributed by atoms with E-state index in [2.05, 4.69) is 10.3 Å². The van der Waals surface area contributed by atoms with Gasteiger partial charge in [0.15, 0.2) is 0 Å². The summed E-state index contributed by atoms with van der Waals surface area (Å²) in [4.78, 5) is 15.2. The van der Waals surface area contributed by atoms with Crippen molar-refractivity contribution in [2.75, 3.05) is 13.2 Å². The number of nitrogens with one attached hydrogen (secondary N) is 1. The molecule has 0 saturated heterocycles. The van der Waals surface area contributed by atoms with Crippen molar-refractivity contribution in [2.45, 2.75) is 13.0 Å². The Morgan fingerprint density at radius 1 is 1.80 bits per heavy atom. The lowest BCUT2D eigenvalue weighted by Gasteiger charge is -2.16. The topological polar surface area (TPSA) is 82.2 Å². The van der Waals surface area contributed by atoms with Crippen molar-refractivity contribution in [3.05, 3.63) is 18.2 Å². The van der Waals surface area contributed by atoms with Gasteiger partial charge in [0, 0.05) is 13.6 Å². The molecule has 1 unspecified atom stereocenters. The first-order valence-corrected chi connectivity index (χ1v) is 4.78. The molecule has 84 valence electrons. The first kappa shape index (κ1) is 11.5. The Balaban J connectivity index is 2.64. The highest BCUT2D eigenvalue weighted by Crippen LogP contribution is 2.09. The highest BCUT2D eigenvalue weighted by Gasteiger charge is 2.16. The van der Waals surface area contributed by atoms with Crippen molar-refractivity contribution in [2.24, 2.45) is 12.8 Å². The molecule has 3 N–H and O–H groups in total. The molecule has 1 atom stereocenters. The number of carbonyl (C=O) groups is 1. The number of hydrogen-bond donors (Lipinski definition) is 2. The average molecular weight is 212 g/mol. The van der Waals surface area contributed by atoms with Gasteiger partial charge in [0.25, 0.3) is 0 Å². The molecule has 1 aromatic rings. The minimum atomic E-state index is -0.464. The van der Waals surface area contributed by atoms with Gasteiger partial charge in [-0.1, -0.05) is 0 Å². The molecule has 0 aliphatic carbocycles.